The van der Waals surface area contributed by atoms with Crippen LogP contribution in [0.1, 0.15) is 20.3 Å². The highest BCUT2D eigenvalue weighted by Gasteiger charge is 2.46. The summed E-state index contributed by atoms with van der Waals surface area (Å²) in [5.74, 6) is 0.652. The summed E-state index contributed by atoms with van der Waals surface area (Å²) in [4.78, 5) is 8.08. The minimum absolute atomic E-state index is 0.334. The summed E-state index contributed by atoms with van der Waals surface area (Å²) < 4.78 is 4.94. The maximum absolute atomic E-state index is 5.98. The van der Waals surface area contributed by atoms with Crippen LogP contribution in [0.4, 0.5) is 5.82 Å². The van der Waals surface area contributed by atoms with Crippen LogP contribution < -0.4 is 10.1 Å². The Bertz CT molecular complexity index is 381. The van der Waals surface area contributed by atoms with Crippen LogP contribution >= 0.6 is 11.6 Å². The second-order valence-corrected chi connectivity index (χ2v) is 4.85. The summed E-state index contributed by atoms with van der Waals surface area (Å²) in [6.07, 6.45) is 2.68. The third kappa shape index (κ3) is 2.15. The van der Waals surface area contributed by atoms with E-state index in [-0.39, 0.29) is 0 Å². The molecule has 1 fully saturated rings. The van der Waals surface area contributed by atoms with E-state index >= 15 is 0 Å². The molecule has 2 rings (SSSR count). The molecule has 82 valence electrons. The predicted octanol–water partition coefficient (Wildman–Crippen LogP) is 2.35. The molecule has 0 saturated heterocycles. The Labute approximate surface area is 94.0 Å². The van der Waals surface area contributed by atoms with Crippen LogP contribution in [0.5, 0.6) is 6.01 Å². The molecule has 0 aliphatic heterocycles. The maximum Gasteiger partial charge on any atom is 0.318 e. The van der Waals surface area contributed by atoms with E-state index in [0.29, 0.717) is 28.3 Å². The Balaban J connectivity index is 2.14. The number of methoxy groups -OCH3 is 1. The van der Waals surface area contributed by atoms with Crippen LogP contribution in [-0.2, 0) is 0 Å². The third-order valence-electron chi connectivity index (χ3n) is 2.73. The van der Waals surface area contributed by atoms with Gasteiger partial charge in [0.05, 0.1) is 13.3 Å². The molecule has 15 heavy (non-hydrogen) atoms. The van der Waals surface area contributed by atoms with Gasteiger partial charge < -0.3 is 10.1 Å². The van der Waals surface area contributed by atoms with E-state index in [2.05, 4.69) is 29.1 Å². The monoisotopic (exact) mass is 227 g/mol. The molecule has 1 atom stereocenters. The van der Waals surface area contributed by atoms with Gasteiger partial charge in [0, 0.05) is 6.04 Å². The van der Waals surface area contributed by atoms with Gasteiger partial charge in [0.2, 0.25) is 0 Å². The van der Waals surface area contributed by atoms with Crippen LogP contribution in [0.3, 0.4) is 0 Å². The molecule has 0 aromatic carbocycles. The van der Waals surface area contributed by atoms with Crippen LogP contribution in [0.2, 0.25) is 5.02 Å². The molecule has 0 amide bonds. The lowest BCUT2D eigenvalue weighted by molar-refractivity contribution is 0.380. The maximum atomic E-state index is 5.98. The van der Waals surface area contributed by atoms with Gasteiger partial charge in [0.15, 0.2) is 5.82 Å². The molecule has 4 nitrogen and oxygen atoms in total. The minimum atomic E-state index is 0.334. The highest BCUT2D eigenvalue weighted by atomic mass is 35.5. The standard InChI is InChI=1S/C10H14ClN3O/c1-10(2)4-7(10)13-8-6(11)5-12-9(14-8)15-3/h5,7H,4H2,1-3H3,(H,12,13,14). The Kier molecular flexibility index (Phi) is 2.46. The molecule has 5 heteroatoms. The van der Waals surface area contributed by atoms with Crippen molar-refractivity contribution < 1.29 is 4.74 Å². The lowest BCUT2D eigenvalue weighted by Gasteiger charge is -2.09. The summed E-state index contributed by atoms with van der Waals surface area (Å²) >= 11 is 5.98. The smallest absolute Gasteiger partial charge is 0.318 e. The first-order valence-corrected chi connectivity index (χ1v) is 5.24. The zero-order valence-electron chi connectivity index (χ0n) is 9.04. The van der Waals surface area contributed by atoms with Crippen LogP contribution in [0.25, 0.3) is 0 Å². The molecular formula is C10H14ClN3O. The molecule has 1 aromatic rings. The van der Waals surface area contributed by atoms with Gasteiger partial charge in [0.25, 0.3) is 0 Å². The van der Waals surface area contributed by atoms with Gasteiger partial charge in [0.1, 0.15) is 5.02 Å². The average molecular weight is 228 g/mol. The largest absolute Gasteiger partial charge is 0.467 e. The van der Waals surface area contributed by atoms with Gasteiger partial charge in [-0.25, -0.2) is 4.98 Å². The summed E-state index contributed by atoms with van der Waals surface area (Å²) in [6, 6.07) is 0.773. The summed E-state index contributed by atoms with van der Waals surface area (Å²) in [7, 11) is 1.54. The summed E-state index contributed by atoms with van der Waals surface area (Å²) in [5.41, 5.74) is 0.335. The van der Waals surface area contributed by atoms with Gasteiger partial charge in [-0.2, -0.15) is 4.98 Å². The van der Waals surface area contributed by atoms with Crippen molar-refractivity contribution in [2.75, 3.05) is 12.4 Å². The highest BCUT2D eigenvalue weighted by Crippen LogP contribution is 2.46. The molecule has 1 heterocycles. The second kappa shape index (κ2) is 3.52. The normalized spacial score (nSPS) is 22.3. The van der Waals surface area contributed by atoms with Gasteiger partial charge in [-0.3, -0.25) is 0 Å². The van der Waals surface area contributed by atoms with Crippen LogP contribution in [-0.4, -0.2) is 23.1 Å². The second-order valence-electron chi connectivity index (χ2n) is 4.44. The van der Waals surface area contributed by atoms with Crippen molar-refractivity contribution in [2.45, 2.75) is 26.3 Å². The van der Waals surface area contributed by atoms with Gasteiger partial charge in [-0.1, -0.05) is 25.4 Å². The molecule has 0 spiro atoms. The number of anilines is 1. The average Bonchev–Trinajstić information content (AvgIpc) is 2.78. The zero-order valence-corrected chi connectivity index (χ0v) is 9.80. The predicted molar refractivity (Wildman–Crippen MR) is 59.4 cm³/mol. The molecule has 0 bridgehead atoms. The minimum Gasteiger partial charge on any atom is -0.467 e. The Morgan fingerprint density at radius 2 is 2.27 bits per heavy atom. The number of hydrogen-bond acceptors (Lipinski definition) is 4. The van der Waals surface area contributed by atoms with E-state index in [1.165, 1.54) is 7.11 Å². The van der Waals surface area contributed by atoms with Gasteiger partial charge >= 0.3 is 6.01 Å². The lowest BCUT2D eigenvalue weighted by Crippen LogP contribution is -2.10. The first-order chi connectivity index (χ1) is 7.03. The first-order valence-electron chi connectivity index (χ1n) is 4.86. The number of aromatic nitrogens is 2. The van der Waals surface area contributed by atoms with E-state index in [9.17, 15) is 0 Å². The highest BCUT2D eigenvalue weighted by molar-refractivity contribution is 6.32. The van der Waals surface area contributed by atoms with Gasteiger partial charge in [-0.05, 0) is 11.8 Å². The Morgan fingerprint density at radius 1 is 1.60 bits per heavy atom. The number of nitrogens with one attached hydrogen (secondary N) is 1. The van der Waals surface area contributed by atoms with Crippen molar-refractivity contribution >= 4 is 17.4 Å². The zero-order chi connectivity index (χ0) is 11.1. The number of ether oxygens (including phenoxy) is 1. The van der Waals surface area contributed by atoms with Crippen molar-refractivity contribution in [3.8, 4) is 6.01 Å². The first kappa shape index (κ1) is 10.5. The van der Waals surface area contributed by atoms with Crippen molar-refractivity contribution in [1.82, 2.24) is 9.97 Å². The number of nitrogens with zero attached hydrogens (tertiary/aromatic N) is 2. The third-order valence-corrected chi connectivity index (χ3v) is 3.01. The fourth-order valence-electron chi connectivity index (χ4n) is 1.43. The molecule has 1 saturated carbocycles. The van der Waals surface area contributed by atoms with E-state index in [1.807, 2.05) is 0 Å². The molecule has 1 unspecified atom stereocenters. The molecule has 0 radical (unpaired) electrons. The molecule has 1 aromatic heterocycles. The fraction of sp³-hybridized carbons (Fsp3) is 0.600. The van der Waals surface area contributed by atoms with E-state index in [4.69, 9.17) is 16.3 Å². The number of halogens is 1. The number of rotatable bonds is 3. The van der Waals surface area contributed by atoms with Crippen molar-refractivity contribution in [2.24, 2.45) is 5.41 Å². The quantitative estimate of drug-likeness (QED) is 0.861. The molecular weight excluding hydrogens is 214 g/mol. The summed E-state index contributed by atoms with van der Waals surface area (Å²) in [5, 5.41) is 3.81. The lowest BCUT2D eigenvalue weighted by atomic mass is 10.2. The van der Waals surface area contributed by atoms with Crippen LogP contribution in [0, 0.1) is 5.41 Å². The van der Waals surface area contributed by atoms with E-state index in [1.54, 1.807) is 6.20 Å². The van der Waals surface area contributed by atoms with Crippen LogP contribution in [0.15, 0.2) is 6.20 Å². The Morgan fingerprint density at radius 3 is 2.80 bits per heavy atom. The van der Waals surface area contributed by atoms with Crippen molar-refractivity contribution in [1.29, 1.82) is 0 Å². The van der Waals surface area contributed by atoms with E-state index in [0.717, 1.165) is 6.42 Å². The fourth-order valence-corrected chi connectivity index (χ4v) is 1.57. The number of hydrogen-bond donors (Lipinski definition) is 1. The Hall–Kier alpha value is -1.03. The topological polar surface area (TPSA) is 47.0 Å². The molecule has 1 N–H and O–H groups in total. The van der Waals surface area contributed by atoms with Crippen molar-refractivity contribution in [3.05, 3.63) is 11.2 Å². The summed E-state index contributed by atoms with van der Waals surface area (Å²) in [6.45, 7) is 4.41. The molecule has 1 aliphatic carbocycles. The SMILES string of the molecule is COc1ncc(Cl)c(NC2CC2(C)C)n1. The van der Waals surface area contributed by atoms with Crippen molar-refractivity contribution in [3.63, 3.8) is 0 Å². The van der Waals surface area contributed by atoms with Gasteiger partial charge in [-0.15, -0.1) is 0 Å². The molecule has 1 aliphatic rings. The van der Waals surface area contributed by atoms with E-state index < -0.39 is 0 Å².